The number of ketones is 1. The van der Waals surface area contributed by atoms with Crippen LogP contribution in [0.2, 0.25) is 0 Å². The summed E-state index contributed by atoms with van der Waals surface area (Å²) < 4.78 is 0. The lowest BCUT2D eigenvalue weighted by atomic mass is 9.89. The third-order valence-corrected chi connectivity index (χ3v) is 4.41. The summed E-state index contributed by atoms with van der Waals surface area (Å²) in [5.74, 6) is 0.00863. The van der Waals surface area contributed by atoms with Crippen molar-refractivity contribution in [2.24, 2.45) is 0 Å². The lowest BCUT2D eigenvalue weighted by Gasteiger charge is -2.16. The number of fused-ring (bicyclic) bond motifs is 1. The molecule has 0 heterocycles. The normalized spacial score (nSPS) is 14.9. The Bertz CT molecular complexity index is 554. The van der Waals surface area contributed by atoms with Gasteiger partial charge in [0.15, 0.2) is 5.78 Å². The minimum atomic E-state index is -0.0546. The first-order valence-electron chi connectivity index (χ1n) is 8.75. The molecule has 1 aliphatic carbocycles. The molecule has 0 saturated carbocycles. The molecule has 1 amide bonds. The monoisotopic (exact) mass is 316 g/mol. The minimum Gasteiger partial charge on any atom is -0.355 e. The molecule has 2 N–H and O–H groups in total. The predicted octanol–water partition coefficient (Wildman–Crippen LogP) is 2.64. The van der Waals surface area contributed by atoms with Gasteiger partial charge in [0.05, 0.1) is 0 Å². The molecule has 0 bridgehead atoms. The highest BCUT2D eigenvalue weighted by Crippen LogP contribution is 2.22. The molecular formula is C19H28N2O2. The zero-order valence-corrected chi connectivity index (χ0v) is 14.3. The number of Topliss-reactive ketones (excluding diaryl/α,β-unsaturated/α-hetero) is 1. The standard InChI is InChI=1S/C19H28N2O2/c1-3-20-14(2)13-21-19(23)11-10-18(22)17-9-8-15-6-4-5-7-16(15)12-17/h8-9,12,14,20H,3-7,10-11,13H2,1-2H3,(H,21,23)/t14-/m1/s1. The Hall–Kier alpha value is -1.68. The van der Waals surface area contributed by atoms with E-state index >= 15 is 0 Å². The van der Waals surface area contributed by atoms with E-state index in [1.165, 1.54) is 24.0 Å². The first-order valence-corrected chi connectivity index (χ1v) is 8.75. The lowest BCUT2D eigenvalue weighted by molar-refractivity contribution is -0.121. The molecule has 0 fully saturated rings. The highest BCUT2D eigenvalue weighted by atomic mass is 16.2. The topological polar surface area (TPSA) is 58.2 Å². The first kappa shape index (κ1) is 17.7. The van der Waals surface area contributed by atoms with Crippen molar-refractivity contribution < 1.29 is 9.59 Å². The van der Waals surface area contributed by atoms with E-state index in [-0.39, 0.29) is 30.6 Å². The van der Waals surface area contributed by atoms with Crippen LogP contribution in [0.4, 0.5) is 0 Å². The number of carbonyl (C=O) groups excluding carboxylic acids is 2. The van der Waals surface area contributed by atoms with Crippen molar-refractivity contribution in [2.45, 2.75) is 58.4 Å². The van der Waals surface area contributed by atoms with Gasteiger partial charge in [0, 0.05) is 31.0 Å². The number of rotatable bonds is 8. The highest BCUT2D eigenvalue weighted by Gasteiger charge is 2.14. The molecule has 1 atom stereocenters. The summed E-state index contributed by atoms with van der Waals surface area (Å²) >= 11 is 0. The van der Waals surface area contributed by atoms with Crippen LogP contribution in [0.3, 0.4) is 0 Å². The van der Waals surface area contributed by atoms with Gasteiger partial charge in [-0.1, -0.05) is 19.1 Å². The van der Waals surface area contributed by atoms with Crippen LogP contribution >= 0.6 is 0 Å². The van der Waals surface area contributed by atoms with Crippen molar-refractivity contribution >= 4 is 11.7 Å². The molecule has 23 heavy (non-hydrogen) atoms. The van der Waals surface area contributed by atoms with Gasteiger partial charge in [-0.15, -0.1) is 0 Å². The van der Waals surface area contributed by atoms with E-state index in [9.17, 15) is 9.59 Å². The van der Waals surface area contributed by atoms with Gasteiger partial charge >= 0.3 is 0 Å². The summed E-state index contributed by atoms with van der Waals surface area (Å²) in [7, 11) is 0. The first-order chi connectivity index (χ1) is 11.1. The molecule has 4 heteroatoms. The second-order valence-electron chi connectivity index (χ2n) is 6.38. The zero-order chi connectivity index (χ0) is 16.7. The Labute approximate surface area is 139 Å². The Kier molecular flexibility index (Phi) is 6.78. The quantitative estimate of drug-likeness (QED) is 0.725. The van der Waals surface area contributed by atoms with Gasteiger partial charge in [0.25, 0.3) is 0 Å². The average Bonchev–Trinajstić information content (AvgIpc) is 2.57. The fourth-order valence-electron chi connectivity index (χ4n) is 3.05. The Morgan fingerprint density at radius 1 is 1.13 bits per heavy atom. The van der Waals surface area contributed by atoms with Gasteiger partial charge in [-0.25, -0.2) is 0 Å². The number of aryl methyl sites for hydroxylation is 2. The van der Waals surface area contributed by atoms with Crippen LogP contribution in [0.15, 0.2) is 18.2 Å². The predicted molar refractivity (Wildman–Crippen MR) is 92.8 cm³/mol. The molecule has 0 radical (unpaired) electrons. The third-order valence-electron chi connectivity index (χ3n) is 4.41. The summed E-state index contributed by atoms with van der Waals surface area (Å²) in [6.45, 7) is 5.55. The molecule has 1 aromatic rings. The molecule has 0 aliphatic heterocycles. The maximum Gasteiger partial charge on any atom is 0.220 e. The SMILES string of the molecule is CCN[C@H](C)CNC(=O)CCC(=O)c1ccc2c(c1)CCCC2. The molecule has 1 aromatic carbocycles. The van der Waals surface area contributed by atoms with Gasteiger partial charge < -0.3 is 10.6 Å². The zero-order valence-electron chi connectivity index (χ0n) is 14.3. The second kappa shape index (κ2) is 8.82. The highest BCUT2D eigenvalue weighted by molar-refractivity contribution is 5.98. The number of carbonyl (C=O) groups is 2. The van der Waals surface area contributed by atoms with Crippen LogP contribution in [0.1, 0.15) is 61.0 Å². The third kappa shape index (κ3) is 5.47. The summed E-state index contributed by atoms with van der Waals surface area (Å²) in [5.41, 5.74) is 3.44. The minimum absolute atomic E-state index is 0.0546. The van der Waals surface area contributed by atoms with E-state index in [0.717, 1.165) is 24.9 Å². The number of hydrogen-bond acceptors (Lipinski definition) is 3. The van der Waals surface area contributed by atoms with Crippen LogP contribution in [0, 0.1) is 0 Å². The van der Waals surface area contributed by atoms with E-state index in [0.29, 0.717) is 6.54 Å². The van der Waals surface area contributed by atoms with Crippen molar-refractivity contribution in [3.8, 4) is 0 Å². The maximum absolute atomic E-state index is 12.3. The van der Waals surface area contributed by atoms with Gasteiger partial charge in [-0.3, -0.25) is 9.59 Å². The van der Waals surface area contributed by atoms with Crippen molar-refractivity contribution in [3.05, 3.63) is 34.9 Å². The van der Waals surface area contributed by atoms with Crippen LogP contribution < -0.4 is 10.6 Å². The fraction of sp³-hybridized carbons (Fsp3) is 0.579. The van der Waals surface area contributed by atoms with Gasteiger partial charge in [-0.05, 0) is 56.3 Å². The van der Waals surface area contributed by atoms with Crippen LogP contribution in [0.25, 0.3) is 0 Å². The van der Waals surface area contributed by atoms with Gasteiger partial charge in [0.2, 0.25) is 5.91 Å². The van der Waals surface area contributed by atoms with Crippen LogP contribution in [-0.2, 0) is 17.6 Å². The fourth-order valence-corrected chi connectivity index (χ4v) is 3.05. The largest absolute Gasteiger partial charge is 0.355 e. The van der Waals surface area contributed by atoms with Crippen molar-refractivity contribution in [1.82, 2.24) is 10.6 Å². The Morgan fingerprint density at radius 3 is 2.61 bits per heavy atom. The van der Waals surface area contributed by atoms with E-state index in [2.05, 4.69) is 16.7 Å². The summed E-state index contributed by atoms with van der Waals surface area (Å²) in [4.78, 5) is 24.1. The number of likely N-dealkylation sites (N-methyl/N-ethyl adjacent to an activating group) is 1. The van der Waals surface area contributed by atoms with Crippen molar-refractivity contribution in [2.75, 3.05) is 13.1 Å². The molecule has 126 valence electrons. The lowest BCUT2D eigenvalue weighted by Crippen LogP contribution is -2.38. The smallest absolute Gasteiger partial charge is 0.220 e. The number of nitrogens with one attached hydrogen (secondary N) is 2. The average molecular weight is 316 g/mol. The Balaban J connectivity index is 1.79. The van der Waals surface area contributed by atoms with Crippen LogP contribution in [-0.4, -0.2) is 30.8 Å². The van der Waals surface area contributed by atoms with Crippen LogP contribution in [0.5, 0.6) is 0 Å². The van der Waals surface area contributed by atoms with Gasteiger partial charge in [-0.2, -0.15) is 0 Å². The van der Waals surface area contributed by atoms with Crippen molar-refractivity contribution in [1.29, 1.82) is 0 Å². The summed E-state index contributed by atoms with van der Waals surface area (Å²) in [5, 5.41) is 6.11. The molecule has 0 saturated heterocycles. The Morgan fingerprint density at radius 2 is 1.87 bits per heavy atom. The second-order valence-corrected chi connectivity index (χ2v) is 6.38. The molecule has 2 rings (SSSR count). The molecule has 1 aliphatic rings. The van der Waals surface area contributed by atoms with Crippen molar-refractivity contribution in [3.63, 3.8) is 0 Å². The molecule has 0 aromatic heterocycles. The maximum atomic E-state index is 12.3. The molecule has 0 unspecified atom stereocenters. The summed E-state index contributed by atoms with van der Waals surface area (Å²) in [6, 6.07) is 6.28. The molecule has 4 nitrogen and oxygen atoms in total. The van der Waals surface area contributed by atoms with E-state index in [4.69, 9.17) is 0 Å². The van der Waals surface area contributed by atoms with E-state index in [1.807, 2.05) is 26.0 Å². The van der Waals surface area contributed by atoms with E-state index in [1.54, 1.807) is 0 Å². The summed E-state index contributed by atoms with van der Waals surface area (Å²) in [6.07, 6.45) is 5.17. The number of amides is 1. The van der Waals surface area contributed by atoms with E-state index < -0.39 is 0 Å². The number of benzene rings is 1. The van der Waals surface area contributed by atoms with Gasteiger partial charge in [0.1, 0.15) is 0 Å². The molecular weight excluding hydrogens is 288 g/mol. The number of hydrogen-bond donors (Lipinski definition) is 2. The molecule has 0 spiro atoms.